The van der Waals surface area contributed by atoms with E-state index in [1.807, 2.05) is 6.07 Å². The third-order valence-electron chi connectivity index (χ3n) is 3.15. The molecule has 0 aromatic heterocycles. The van der Waals surface area contributed by atoms with E-state index in [4.69, 9.17) is 9.84 Å². The van der Waals surface area contributed by atoms with Gasteiger partial charge in [-0.2, -0.15) is 0 Å². The van der Waals surface area contributed by atoms with Crippen molar-refractivity contribution >= 4 is 5.69 Å². The molecular formula is C15H24N2O4. The topological polar surface area (TPSA) is 84.6 Å². The Bertz CT molecular complexity index is 426. The highest BCUT2D eigenvalue weighted by Gasteiger charge is 2.13. The minimum atomic E-state index is -0.366. The SMILES string of the molecule is CCCC(NCCCOCCO)c1cccc([N+](=O)[O-])c1. The van der Waals surface area contributed by atoms with Crippen molar-refractivity contribution in [1.82, 2.24) is 5.32 Å². The first-order valence-corrected chi connectivity index (χ1v) is 7.35. The van der Waals surface area contributed by atoms with Crippen LogP contribution in [0.5, 0.6) is 0 Å². The fourth-order valence-corrected chi connectivity index (χ4v) is 2.15. The van der Waals surface area contributed by atoms with Crippen LogP contribution >= 0.6 is 0 Å². The maximum atomic E-state index is 10.8. The van der Waals surface area contributed by atoms with Gasteiger partial charge in [-0.25, -0.2) is 0 Å². The summed E-state index contributed by atoms with van der Waals surface area (Å²) in [5, 5.41) is 22.9. The molecule has 1 aromatic carbocycles. The van der Waals surface area contributed by atoms with E-state index in [9.17, 15) is 10.1 Å². The first-order chi connectivity index (χ1) is 10.2. The van der Waals surface area contributed by atoms with Gasteiger partial charge in [-0.05, 0) is 24.9 Å². The summed E-state index contributed by atoms with van der Waals surface area (Å²) >= 11 is 0. The predicted octanol–water partition coefficient (Wildman–Crippen LogP) is 2.42. The molecule has 0 spiro atoms. The molecule has 0 radical (unpaired) electrons. The number of aliphatic hydroxyl groups is 1. The molecule has 0 saturated heterocycles. The first-order valence-electron chi connectivity index (χ1n) is 7.35. The second-order valence-electron chi connectivity index (χ2n) is 4.84. The number of ether oxygens (including phenoxy) is 1. The van der Waals surface area contributed by atoms with Crippen molar-refractivity contribution in [3.05, 3.63) is 39.9 Å². The Labute approximate surface area is 125 Å². The number of non-ortho nitro benzene ring substituents is 1. The van der Waals surface area contributed by atoms with Crippen LogP contribution in [0.1, 0.15) is 37.8 Å². The second-order valence-corrected chi connectivity index (χ2v) is 4.84. The molecule has 0 saturated carbocycles. The number of nitrogens with zero attached hydrogens (tertiary/aromatic N) is 1. The lowest BCUT2D eigenvalue weighted by atomic mass is 10.0. The van der Waals surface area contributed by atoms with Gasteiger partial charge in [-0.1, -0.05) is 25.5 Å². The number of hydrogen-bond acceptors (Lipinski definition) is 5. The summed E-state index contributed by atoms with van der Waals surface area (Å²) in [5.74, 6) is 0. The molecule has 1 rings (SSSR count). The van der Waals surface area contributed by atoms with Crippen molar-refractivity contribution in [2.24, 2.45) is 0 Å². The van der Waals surface area contributed by atoms with Gasteiger partial charge in [-0.15, -0.1) is 0 Å². The summed E-state index contributed by atoms with van der Waals surface area (Å²) in [4.78, 5) is 10.5. The van der Waals surface area contributed by atoms with Crippen LogP contribution in [0.3, 0.4) is 0 Å². The van der Waals surface area contributed by atoms with Gasteiger partial charge in [-0.3, -0.25) is 10.1 Å². The van der Waals surface area contributed by atoms with E-state index in [0.29, 0.717) is 13.2 Å². The first kappa shape index (κ1) is 17.6. The van der Waals surface area contributed by atoms with E-state index >= 15 is 0 Å². The smallest absolute Gasteiger partial charge is 0.269 e. The maximum absolute atomic E-state index is 10.8. The highest BCUT2D eigenvalue weighted by Crippen LogP contribution is 2.22. The molecule has 1 atom stereocenters. The normalized spacial score (nSPS) is 12.3. The molecule has 0 bridgehead atoms. The van der Waals surface area contributed by atoms with Crippen molar-refractivity contribution in [2.45, 2.75) is 32.2 Å². The Morgan fingerprint density at radius 3 is 2.90 bits per heavy atom. The lowest BCUT2D eigenvalue weighted by Crippen LogP contribution is -2.23. The zero-order valence-electron chi connectivity index (χ0n) is 12.5. The molecule has 6 nitrogen and oxygen atoms in total. The van der Waals surface area contributed by atoms with Crippen molar-refractivity contribution < 1.29 is 14.8 Å². The lowest BCUT2D eigenvalue weighted by molar-refractivity contribution is -0.384. The van der Waals surface area contributed by atoms with Gasteiger partial charge in [0.15, 0.2) is 0 Å². The molecule has 2 N–H and O–H groups in total. The van der Waals surface area contributed by atoms with Crippen molar-refractivity contribution in [1.29, 1.82) is 0 Å². The monoisotopic (exact) mass is 296 g/mol. The van der Waals surface area contributed by atoms with E-state index in [1.54, 1.807) is 12.1 Å². The van der Waals surface area contributed by atoms with Crippen molar-refractivity contribution in [2.75, 3.05) is 26.4 Å². The zero-order valence-corrected chi connectivity index (χ0v) is 12.5. The van der Waals surface area contributed by atoms with Gasteiger partial charge in [0.25, 0.3) is 5.69 Å². The molecule has 21 heavy (non-hydrogen) atoms. The Morgan fingerprint density at radius 1 is 1.43 bits per heavy atom. The van der Waals surface area contributed by atoms with E-state index in [0.717, 1.165) is 31.4 Å². The molecule has 0 aliphatic heterocycles. The fourth-order valence-electron chi connectivity index (χ4n) is 2.15. The van der Waals surface area contributed by atoms with Gasteiger partial charge >= 0.3 is 0 Å². The van der Waals surface area contributed by atoms with Crippen LogP contribution in [-0.4, -0.2) is 36.4 Å². The third kappa shape index (κ3) is 6.66. The van der Waals surface area contributed by atoms with Crippen LogP contribution < -0.4 is 5.32 Å². The largest absolute Gasteiger partial charge is 0.394 e. The summed E-state index contributed by atoms with van der Waals surface area (Å²) < 4.78 is 5.20. The molecule has 1 unspecified atom stereocenters. The van der Waals surface area contributed by atoms with E-state index < -0.39 is 0 Å². The van der Waals surface area contributed by atoms with Crippen LogP contribution in [0.25, 0.3) is 0 Å². The summed E-state index contributed by atoms with van der Waals surface area (Å²) in [6.07, 6.45) is 2.77. The Kier molecular flexibility index (Phi) is 8.57. The minimum absolute atomic E-state index is 0.0412. The predicted molar refractivity (Wildman–Crippen MR) is 81.3 cm³/mol. The van der Waals surface area contributed by atoms with E-state index in [-0.39, 0.29) is 23.3 Å². The Hall–Kier alpha value is -1.50. The van der Waals surface area contributed by atoms with Gasteiger partial charge < -0.3 is 15.2 Å². The van der Waals surface area contributed by atoms with Gasteiger partial charge in [0.1, 0.15) is 0 Å². The number of rotatable bonds is 11. The van der Waals surface area contributed by atoms with Gasteiger partial charge in [0, 0.05) is 24.8 Å². The number of nitrogens with one attached hydrogen (secondary N) is 1. The third-order valence-corrected chi connectivity index (χ3v) is 3.15. The Morgan fingerprint density at radius 2 is 2.24 bits per heavy atom. The number of nitro benzene ring substituents is 1. The molecule has 118 valence electrons. The van der Waals surface area contributed by atoms with Gasteiger partial charge in [0.05, 0.1) is 18.1 Å². The maximum Gasteiger partial charge on any atom is 0.269 e. The molecule has 0 heterocycles. The van der Waals surface area contributed by atoms with E-state index in [1.165, 1.54) is 6.07 Å². The lowest BCUT2D eigenvalue weighted by Gasteiger charge is -2.18. The average Bonchev–Trinajstić information content (AvgIpc) is 2.49. The molecule has 0 aliphatic rings. The highest BCUT2D eigenvalue weighted by molar-refractivity contribution is 5.35. The molecular weight excluding hydrogens is 272 g/mol. The average molecular weight is 296 g/mol. The minimum Gasteiger partial charge on any atom is -0.394 e. The Balaban J connectivity index is 2.52. The van der Waals surface area contributed by atoms with E-state index in [2.05, 4.69) is 12.2 Å². The molecule has 6 heteroatoms. The number of hydrogen-bond donors (Lipinski definition) is 2. The molecule has 0 amide bonds. The van der Waals surface area contributed by atoms with Crippen LogP contribution in [0.4, 0.5) is 5.69 Å². The molecule has 0 fully saturated rings. The van der Waals surface area contributed by atoms with Crippen LogP contribution in [-0.2, 0) is 4.74 Å². The van der Waals surface area contributed by atoms with Crippen LogP contribution in [0.15, 0.2) is 24.3 Å². The summed E-state index contributed by atoms with van der Waals surface area (Å²) in [6.45, 7) is 3.87. The summed E-state index contributed by atoms with van der Waals surface area (Å²) in [5.41, 5.74) is 1.07. The second kappa shape index (κ2) is 10.3. The van der Waals surface area contributed by atoms with Crippen molar-refractivity contribution in [3.63, 3.8) is 0 Å². The number of nitro groups is 1. The van der Waals surface area contributed by atoms with Gasteiger partial charge in [0.2, 0.25) is 0 Å². The summed E-state index contributed by atoms with van der Waals surface area (Å²) in [6, 6.07) is 6.91. The highest BCUT2D eigenvalue weighted by atomic mass is 16.6. The van der Waals surface area contributed by atoms with Crippen LogP contribution in [0, 0.1) is 10.1 Å². The quantitative estimate of drug-likeness (QED) is 0.372. The van der Waals surface area contributed by atoms with Crippen molar-refractivity contribution in [3.8, 4) is 0 Å². The molecule has 1 aromatic rings. The number of aliphatic hydroxyl groups excluding tert-OH is 1. The number of benzene rings is 1. The zero-order chi connectivity index (χ0) is 15.5. The van der Waals surface area contributed by atoms with Crippen LogP contribution in [0.2, 0.25) is 0 Å². The molecule has 0 aliphatic carbocycles. The standard InChI is InChI=1S/C15H24N2O4/c1-2-5-15(16-8-4-10-21-11-9-18)13-6-3-7-14(12-13)17(19)20/h3,6-7,12,15-16,18H,2,4-5,8-11H2,1H3. The fraction of sp³-hybridized carbons (Fsp3) is 0.600. The summed E-state index contributed by atoms with van der Waals surface area (Å²) in [7, 11) is 0.